The van der Waals surface area contributed by atoms with Gasteiger partial charge in [-0.2, -0.15) is 0 Å². The number of carbonyl (C=O) groups is 1. The number of piperazine rings is 1. The lowest BCUT2D eigenvalue weighted by atomic mass is 9.88. The average molecular weight is 496 g/mol. The molecular formula is C23H31ClFN5O2S. The van der Waals surface area contributed by atoms with Crippen LogP contribution in [0.3, 0.4) is 0 Å². The molecule has 0 N–H and O–H groups in total. The summed E-state index contributed by atoms with van der Waals surface area (Å²) in [4.78, 5) is 30.7. The van der Waals surface area contributed by atoms with Crippen molar-refractivity contribution < 1.29 is 13.9 Å². The first kappa shape index (κ1) is 24.3. The molecule has 7 nitrogen and oxygen atoms in total. The van der Waals surface area contributed by atoms with Crippen molar-refractivity contribution in [1.82, 2.24) is 19.9 Å². The summed E-state index contributed by atoms with van der Waals surface area (Å²) in [5.41, 5.74) is 0.399. The monoisotopic (exact) mass is 495 g/mol. The average Bonchev–Trinajstić information content (AvgIpc) is 2.72. The van der Waals surface area contributed by atoms with Crippen LogP contribution < -0.4 is 4.90 Å². The van der Waals surface area contributed by atoms with Crippen molar-refractivity contribution in [1.29, 1.82) is 0 Å². The van der Waals surface area contributed by atoms with Crippen LogP contribution in [0.15, 0.2) is 5.16 Å². The molecule has 10 heteroatoms. The largest absolute Gasteiger partial charge is 0.444 e. The number of pyridine rings is 1. The number of hydrogen-bond donors (Lipinski definition) is 0. The maximum absolute atomic E-state index is 15.1. The van der Waals surface area contributed by atoms with E-state index in [4.69, 9.17) is 21.3 Å². The Morgan fingerprint density at radius 2 is 1.94 bits per heavy atom. The maximum atomic E-state index is 15.1. The zero-order valence-corrected chi connectivity index (χ0v) is 21.6. The molecule has 0 aromatic carbocycles. The predicted octanol–water partition coefficient (Wildman–Crippen LogP) is 5.64. The van der Waals surface area contributed by atoms with Crippen LogP contribution >= 0.6 is 23.4 Å². The molecule has 3 atom stereocenters. The van der Waals surface area contributed by atoms with Gasteiger partial charge in [0.1, 0.15) is 16.9 Å². The van der Waals surface area contributed by atoms with E-state index in [9.17, 15) is 4.79 Å². The Hall–Kier alpha value is -1.87. The van der Waals surface area contributed by atoms with Crippen molar-refractivity contribution >= 4 is 46.2 Å². The molecule has 1 saturated heterocycles. The second-order valence-corrected chi connectivity index (χ2v) is 11.3. The minimum Gasteiger partial charge on any atom is -0.444 e. The van der Waals surface area contributed by atoms with Gasteiger partial charge in [-0.15, -0.1) is 0 Å². The quantitative estimate of drug-likeness (QED) is 0.303. The number of fused-ring (bicyclic) bond motifs is 2. The van der Waals surface area contributed by atoms with Crippen LogP contribution in [0.5, 0.6) is 0 Å². The Balaban J connectivity index is 1.83. The molecule has 2 aromatic rings. The second-order valence-electron chi connectivity index (χ2n) is 9.74. The minimum atomic E-state index is -0.609. The first-order chi connectivity index (χ1) is 15.5. The van der Waals surface area contributed by atoms with Gasteiger partial charge >= 0.3 is 6.09 Å². The van der Waals surface area contributed by atoms with Crippen LogP contribution in [0.25, 0.3) is 10.9 Å². The molecule has 0 aliphatic carbocycles. The Bertz CT molecular complexity index is 1080. The number of thioether (sulfide) groups is 1. The van der Waals surface area contributed by atoms with Gasteiger partial charge in [0.05, 0.1) is 23.2 Å². The molecule has 0 spiro atoms. The Morgan fingerprint density at radius 3 is 2.61 bits per heavy atom. The molecule has 33 heavy (non-hydrogen) atoms. The molecule has 1 fully saturated rings. The van der Waals surface area contributed by atoms with E-state index in [-0.39, 0.29) is 34.8 Å². The molecule has 180 valence electrons. The summed E-state index contributed by atoms with van der Waals surface area (Å²) in [5, 5.41) is 0.996. The van der Waals surface area contributed by atoms with Gasteiger partial charge < -0.3 is 14.5 Å². The van der Waals surface area contributed by atoms with Gasteiger partial charge in [0.2, 0.25) is 0 Å². The Kier molecular flexibility index (Phi) is 6.66. The second kappa shape index (κ2) is 9.06. The zero-order valence-electron chi connectivity index (χ0n) is 20.0. The van der Waals surface area contributed by atoms with Crippen molar-refractivity contribution in [2.75, 3.05) is 23.7 Å². The van der Waals surface area contributed by atoms with Crippen molar-refractivity contribution in [2.24, 2.45) is 0 Å². The summed E-state index contributed by atoms with van der Waals surface area (Å²) in [6, 6.07) is -0.0852. The number of hydrogen-bond acceptors (Lipinski definition) is 7. The van der Waals surface area contributed by atoms with Gasteiger partial charge in [-0.05, 0) is 52.2 Å². The van der Waals surface area contributed by atoms with E-state index in [1.54, 1.807) is 4.90 Å². The van der Waals surface area contributed by atoms with E-state index in [2.05, 4.69) is 28.7 Å². The molecule has 0 radical (unpaired) electrons. The number of ether oxygens (including phenoxy) is 1. The van der Waals surface area contributed by atoms with Crippen molar-refractivity contribution in [3.63, 3.8) is 0 Å². The standard InChI is InChI=1S/C23H31ClFN5O2S/c1-7-33-21-27-18-15-17(26-19(24)16(18)25)12(2)8-9-14-13(3)29(22(31)32-23(4,5)6)10-11-30(14)20(15)28-21/h12-14H,7-11H2,1-6H3/t12-,13+,14-/m1/s1. The van der Waals surface area contributed by atoms with Gasteiger partial charge in [0, 0.05) is 13.1 Å². The van der Waals surface area contributed by atoms with Crippen molar-refractivity contribution in [3.05, 3.63) is 16.7 Å². The van der Waals surface area contributed by atoms with Gasteiger partial charge in [-0.3, -0.25) is 0 Å². The number of rotatable bonds is 2. The summed E-state index contributed by atoms with van der Waals surface area (Å²) in [6.45, 7) is 12.8. The van der Waals surface area contributed by atoms with E-state index in [1.807, 2.05) is 27.7 Å². The predicted molar refractivity (Wildman–Crippen MR) is 130 cm³/mol. The third-order valence-electron chi connectivity index (χ3n) is 6.30. The van der Waals surface area contributed by atoms with Crippen LogP contribution in [0.4, 0.5) is 15.0 Å². The molecule has 2 aliphatic heterocycles. The summed E-state index contributed by atoms with van der Waals surface area (Å²) >= 11 is 7.64. The lowest BCUT2D eigenvalue weighted by Crippen LogP contribution is -2.61. The number of carbonyl (C=O) groups excluding carboxylic acids is 1. The number of anilines is 1. The molecular weight excluding hydrogens is 465 g/mol. The minimum absolute atomic E-state index is 0.0122. The Morgan fingerprint density at radius 1 is 1.21 bits per heavy atom. The van der Waals surface area contributed by atoms with E-state index in [0.717, 1.165) is 24.3 Å². The summed E-state index contributed by atoms with van der Waals surface area (Å²) in [6.07, 6.45) is 1.35. The molecule has 4 heterocycles. The molecule has 1 amide bonds. The lowest BCUT2D eigenvalue weighted by Gasteiger charge is -2.48. The smallest absolute Gasteiger partial charge is 0.410 e. The van der Waals surface area contributed by atoms with Crippen LogP contribution in [0, 0.1) is 5.82 Å². The number of halogens is 2. The molecule has 0 saturated carbocycles. The zero-order chi connectivity index (χ0) is 24.1. The van der Waals surface area contributed by atoms with Crippen LogP contribution in [0.2, 0.25) is 5.15 Å². The van der Waals surface area contributed by atoms with E-state index in [0.29, 0.717) is 29.5 Å². The molecule has 0 unspecified atom stereocenters. The van der Waals surface area contributed by atoms with Gasteiger partial charge in [-0.25, -0.2) is 24.1 Å². The SMILES string of the molecule is CCSc1nc2c3c(nc(Cl)c(F)c3n1)[C@H](C)CC[C@@H]1[C@H](C)N(C(=O)OC(C)(C)C)CCN21. The fourth-order valence-corrected chi connectivity index (χ4v) is 5.48. The fourth-order valence-electron chi connectivity index (χ4n) is 4.74. The lowest BCUT2D eigenvalue weighted by molar-refractivity contribution is 0.0106. The van der Waals surface area contributed by atoms with E-state index < -0.39 is 11.4 Å². The summed E-state index contributed by atoms with van der Waals surface area (Å²) in [5.74, 6) is 0.882. The molecule has 0 bridgehead atoms. The molecule has 4 rings (SSSR count). The highest BCUT2D eigenvalue weighted by Gasteiger charge is 2.41. The van der Waals surface area contributed by atoms with Crippen LogP contribution in [-0.4, -0.2) is 62.5 Å². The van der Waals surface area contributed by atoms with Crippen molar-refractivity contribution in [3.8, 4) is 0 Å². The van der Waals surface area contributed by atoms with Crippen LogP contribution in [-0.2, 0) is 4.74 Å². The van der Waals surface area contributed by atoms with E-state index in [1.165, 1.54) is 11.8 Å². The summed E-state index contributed by atoms with van der Waals surface area (Å²) < 4.78 is 20.8. The molecule has 2 aliphatic rings. The topological polar surface area (TPSA) is 71.5 Å². The van der Waals surface area contributed by atoms with Gasteiger partial charge in [0.15, 0.2) is 16.1 Å². The highest BCUT2D eigenvalue weighted by atomic mass is 35.5. The first-order valence-corrected chi connectivity index (χ1v) is 12.8. The maximum Gasteiger partial charge on any atom is 0.410 e. The highest BCUT2D eigenvalue weighted by molar-refractivity contribution is 7.99. The molecule has 2 aromatic heterocycles. The number of amides is 1. The Labute approximate surface area is 203 Å². The van der Waals surface area contributed by atoms with Crippen molar-refractivity contribution in [2.45, 2.75) is 83.1 Å². The highest BCUT2D eigenvalue weighted by Crippen LogP contribution is 2.42. The van der Waals surface area contributed by atoms with Gasteiger partial charge in [0.25, 0.3) is 0 Å². The normalized spacial score (nSPS) is 23.2. The fraction of sp³-hybridized carbons (Fsp3) is 0.652. The van der Waals surface area contributed by atoms with E-state index >= 15 is 4.39 Å². The first-order valence-electron chi connectivity index (χ1n) is 11.5. The van der Waals surface area contributed by atoms with Gasteiger partial charge in [-0.1, -0.05) is 37.2 Å². The number of nitrogens with zero attached hydrogens (tertiary/aromatic N) is 5. The van der Waals surface area contributed by atoms with Crippen LogP contribution in [0.1, 0.15) is 66.0 Å². The third kappa shape index (κ3) is 4.58. The third-order valence-corrected chi connectivity index (χ3v) is 7.28. The number of aromatic nitrogens is 3. The summed E-state index contributed by atoms with van der Waals surface area (Å²) in [7, 11) is 0.